The molecule has 8 heteroatoms. The summed E-state index contributed by atoms with van der Waals surface area (Å²) in [6.45, 7) is 4.03. The highest BCUT2D eigenvalue weighted by Crippen LogP contribution is 2.42. The Kier molecular flexibility index (Phi) is 7.20. The molecule has 0 aliphatic carbocycles. The molecule has 196 valence electrons. The standard InChI is InChI=1S/C32H24N4O4/c1-3-40-32(37)25-12-10-24(11-13-25)31-29(23-14-18-27(19-15-23)36(38)39)30(28-7-5-4-6-21(28)2)34-35(31)26-16-8-22(20-33)9-17-26/h4-19H,3H2,1-2H3. The van der Waals surface area contributed by atoms with E-state index in [9.17, 15) is 20.2 Å². The highest BCUT2D eigenvalue weighted by Gasteiger charge is 2.24. The summed E-state index contributed by atoms with van der Waals surface area (Å²) in [5.74, 6) is -0.411. The number of non-ortho nitro benzene ring substituents is 1. The van der Waals surface area contributed by atoms with Crippen molar-refractivity contribution in [1.29, 1.82) is 5.26 Å². The monoisotopic (exact) mass is 528 g/mol. The second-order valence-corrected chi connectivity index (χ2v) is 9.06. The number of hydrogen-bond acceptors (Lipinski definition) is 6. The van der Waals surface area contributed by atoms with Crippen molar-refractivity contribution >= 4 is 11.7 Å². The van der Waals surface area contributed by atoms with E-state index in [4.69, 9.17) is 9.84 Å². The van der Waals surface area contributed by atoms with E-state index in [1.165, 1.54) is 12.1 Å². The van der Waals surface area contributed by atoms with Crippen molar-refractivity contribution in [2.75, 3.05) is 6.61 Å². The Labute approximate surface area is 230 Å². The Balaban J connectivity index is 1.82. The Morgan fingerprint density at radius 1 is 0.950 bits per heavy atom. The Hall–Kier alpha value is -5.55. The van der Waals surface area contributed by atoms with Crippen molar-refractivity contribution in [2.45, 2.75) is 13.8 Å². The summed E-state index contributed by atoms with van der Waals surface area (Å²) >= 11 is 0. The number of carbonyl (C=O) groups is 1. The molecule has 0 fully saturated rings. The fourth-order valence-corrected chi connectivity index (χ4v) is 4.58. The molecule has 5 aromatic rings. The second-order valence-electron chi connectivity index (χ2n) is 9.06. The van der Waals surface area contributed by atoms with Crippen LogP contribution in [0.1, 0.15) is 28.4 Å². The van der Waals surface area contributed by atoms with Crippen molar-refractivity contribution < 1.29 is 14.5 Å². The van der Waals surface area contributed by atoms with Crippen molar-refractivity contribution in [3.05, 3.63) is 124 Å². The zero-order chi connectivity index (χ0) is 28.2. The summed E-state index contributed by atoms with van der Waals surface area (Å²) in [5, 5.41) is 25.8. The fourth-order valence-electron chi connectivity index (χ4n) is 4.58. The first-order valence-electron chi connectivity index (χ1n) is 12.6. The molecule has 0 unspecified atom stereocenters. The minimum atomic E-state index is -0.429. The van der Waals surface area contributed by atoms with E-state index < -0.39 is 10.9 Å². The molecule has 40 heavy (non-hydrogen) atoms. The van der Waals surface area contributed by atoms with Gasteiger partial charge in [0.05, 0.1) is 40.1 Å². The summed E-state index contributed by atoms with van der Waals surface area (Å²) in [6, 6.07) is 30.6. The van der Waals surface area contributed by atoms with Gasteiger partial charge < -0.3 is 4.74 Å². The van der Waals surface area contributed by atoms with Gasteiger partial charge in [0.2, 0.25) is 0 Å². The zero-order valence-electron chi connectivity index (χ0n) is 21.9. The average molecular weight is 529 g/mol. The van der Waals surface area contributed by atoms with Crippen molar-refractivity contribution in [1.82, 2.24) is 9.78 Å². The first-order chi connectivity index (χ1) is 19.4. The van der Waals surface area contributed by atoms with Crippen molar-refractivity contribution in [3.8, 4) is 45.4 Å². The predicted octanol–water partition coefficient (Wildman–Crippen LogP) is 7.14. The van der Waals surface area contributed by atoms with E-state index in [2.05, 4.69) is 6.07 Å². The zero-order valence-corrected chi connectivity index (χ0v) is 21.9. The molecular weight excluding hydrogens is 504 g/mol. The first kappa shape index (κ1) is 26.1. The lowest BCUT2D eigenvalue weighted by atomic mass is 9.93. The molecule has 0 radical (unpaired) electrons. The molecule has 0 atom stereocenters. The van der Waals surface area contributed by atoms with Crippen LogP contribution in [0.15, 0.2) is 97.1 Å². The summed E-state index contributed by atoms with van der Waals surface area (Å²) < 4.78 is 6.95. The van der Waals surface area contributed by atoms with Gasteiger partial charge in [0.1, 0.15) is 5.69 Å². The highest BCUT2D eigenvalue weighted by atomic mass is 16.6. The lowest BCUT2D eigenvalue weighted by Gasteiger charge is -2.12. The molecule has 8 nitrogen and oxygen atoms in total. The van der Waals surface area contributed by atoms with Crippen LogP contribution in [0.5, 0.6) is 0 Å². The van der Waals surface area contributed by atoms with Gasteiger partial charge in [0.15, 0.2) is 0 Å². The van der Waals surface area contributed by atoms with Gasteiger partial charge >= 0.3 is 5.97 Å². The molecular formula is C32H24N4O4. The Morgan fingerprint density at radius 3 is 2.20 bits per heavy atom. The second kappa shape index (κ2) is 11.1. The molecule has 5 rings (SSSR count). The van der Waals surface area contributed by atoms with E-state index in [-0.39, 0.29) is 12.3 Å². The Bertz CT molecular complexity index is 1750. The van der Waals surface area contributed by atoms with E-state index in [0.29, 0.717) is 16.8 Å². The number of nitriles is 1. The normalized spacial score (nSPS) is 10.6. The minimum Gasteiger partial charge on any atom is -0.462 e. The number of nitro benzene ring substituents is 1. The Morgan fingerprint density at radius 2 is 1.60 bits per heavy atom. The van der Waals surface area contributed by atoms with E-state index >= 15 is 0 Å². The quantitative estimate of drug-likeness (QED) is 0.126. The third-order valence-corrected chi connectivity index (χ3v) is 6.56. The number of esters is 1. The van der Waals surface area contributed by atoms with Crippen LogP contribution in [-0.2, 0) is 4.74 Å². The molecule has 0 aliphatic heterocycles. The highest BCUT2D eigenvalue weighted by molar-refractivity contribution is 5.95. The maximum atomic E-state index is 12.3. The summed E-state index contributed by atoms with van der Waals surface area (Å²) in [4.78, 5) is 23.3. The number of aryl methyl sites for hydroxylation is 1. The number of ether oxygens (including phenoxy) is 1. The third-order valence-electron chi connectivity index (χ3n) is 6.56. The summed E-state index contributed by atoms with van der Waals surface area (Å²) in [7, 11) is 0. The van der Waals surface area contributed by atoms with Gasteiger partial charge in [-0.15, -0.1) is 0 Å². The minimum absolute atomic E-state index is 0.0129. The molecule has 0 aliphatic rings. The van der Waals surface area contributed by atoms with Gasteiger partial charge in [0.25, 0.3) is 5.69 Å². The largest absolute Gasteiger partial charge is 0.462 e. The van der Waals surface area contributed by atoms with Crippen LogP contribution in [0, 0.1) is 28.4 Å². The number of carbonyl (C=O) groups excluding carboxylic acids is 1. The number of nitro groups is 1. The lowest BCUT2D eigenvalue weighted by Crippen LogP contribution is -2.04. The van der Waals surface area contributed by atoms with Crippen LogP contribution in [0.25, 0.3) is 39.3 Å². The maximum absolute atomic E-state index is 12.3. The average Bonchev–Trinajstić information content (AvgIpc) is 3.38. The molecule has 0 saturated heterocycles. The van der Waals surface area contributed by atoms with E-state index in [0.717, 1.165) is 39.2 Å². The first-order valence-corrected chi connectivity index (χ1v) is 12.6. The summed E-state index contributed by atoms with van der Waals surface area (Å²) in [6.07, 6.45) is 0. The topological polar surface area (TPSA) is 111 Å². The van der Waals surface area contributed by atoms with E-state index in [1.807, 2.05) is 55.5 Å². The smallest absolute Gasteiger partial charge is 0.338 e. The van der Waals surface area contributed by atoms with Gasteiger partial charge in [-0.05, 0) is 73.5 Å². The number of aromatic nitrogens is 2. The van der Waals surface area contributed by atoms with Crippen molar-refractivity contribution in [2.24, 2.45) is 0 Å². The SMILES string of the molecule is CCOC(=O)c1ccc(-c2c(-c3ccc([N+](=O)[O-])cc3)c(-c3ccccc3C)nn2-c2ccc(C#N)cc2)cc1. The van der Waals surface area contributed by atoms with Crippen LogP contribution < -0.4 is 0 Å². The molecule has 0 bridgehead atoms. The number of benzene rings is 4. The molecule has 0 spiro atoms. The van der Waals surface area contributed by atoms with Crippen molar-refractivity contribution in [3.63, 3.8) is 0 Å². The number of rotatable bonds is 7. The molecule has 0 N–H and O–H groups in total. The third kappa shape index (κ3) is 4.96. The van der Waals surface area contributed by atoms with Crippen LogP contribution in [0.3, 0.4) is 0 Å². The van der Waals surface area contributed by atoms with Gasteiger partial charge in [-0.2, -0.15) is 10.4 Å². The van der Waals surface area contributed by atoms with Crippen LogP contribution in [-0.4, -0.2) is 27.3 Å². The molecule has 4 aromatic carbocycles. The van der Waals surface area contributed by atoms with Gasteiger partial charge in [0, 0.05) is 28.8 Å². The predicted molar refractivity (Wildman–Crippen MR) is 152 cm³/mol. The molecule has 0 saturated carbocycles. The van der Waals surface area contributed by atoms with Gasteiger partial charge in [-0.25, -0.2) is 9.48 Å². The van der Waals surface area contributed by atoms with E-state index in [1.54, 1.807) is 48.0 Å². The van der Waals surface area contributed by atoms with Gasteiger partial charge in [-0.3, -0.25) is 10.1 Å². The number of nitrogens with zero attached hydrogens (tertiary/aromatic N) is 4. The van der Waals surface area contributed by atoms with Crippen LogP contribution >= 0.6 is 0 Å². The fraction of sp³-hybridized carbons (Fsp3) is 0.0938. The summed E-state index contributed by atoms with van der Waals surface area (Å²) in [5.41, 5.74) is 7.30. The molecule has 1 heterocycles. The van der Waals surface area contributed by atoms with Gasteiger partial charge in [-0.1, -0.05) is 36.4 Å². The lowest BCUT2D eigenvalue weighted by molar-refractivity contribution is -0.384. The maximum Gasteiger partial charge on any atom is 0.338 e. The van der Waals surface area contributed by atoms with Crippen LogP contribution in [0.4, 0.5) is 5.69 Å². The molecule has 0 amide bonds. The molecule has 1 aromatic heterocycles. The van der Waals surface area contributed by atoms with Crippen LogP contribution in [0.2, 0.25) is 0 Å². The number of hydrogen-bond donors (Lipinski definition) is 0.